The summed E-state index contributed by atoms with van der Waals surface area (Å²) in [6.07, 6.45) is 2.10. The monoisotopic (exact) mass is 283 g/mol. The van der Waals surface area contributed by atoms with Crippen LogP contribution in [0.1, 0.15) is 32.0 Å². The number of aldehydes is 1. The molecule has 2 rings (SSSR count). The van der Waals surface area contributed by atoms with Gasteiger partial charge in [-0.15, -0.1) is 0 Å². The van der Waals surface area contributed by atoms with Gasteiger partial charge in [0.15, 0.2) is 12.0 Å². The van der Waals surface area contributed by atoms with E-state index in [1.807, 2.05) is 13.0 Å². The van der Waals surface area contributed by atoms with Crippen molar-refractivity contribution in [1.82, 2.24) is 4.57 Å². The van der Waals surface area contributed by atoms with Gasteiger partial charge in [0.25, 0.3) is 0 Å². The fourth-order valence-corrected chi connectivity index (χ4v) is 2.09. The summed E-state index contributed by atoms with van der Waals surface area (Å²) in [6, 6.07) is 7.08. The number of benzene rings is 1. The van der Waals surface area contributed by atoms with Gasteiger partial charge in [0.05, 0.1) is 24.0 Å². The molecule has 0 bridgehead atoms. The van der Waals surface area contributed by atoms with Crippen LogP contribution in [0.25, 0.3) is 5.69 Å². The highest BCUT2D eigenvalue weighted by Gasteiger charge is 2.22. The van der Waals surface area contributed by atoms with Crippen LogP contribution >= 0.6 is 0 Å². The van der Waals surface area contributed by atoms with E-state index in [9.17, 15) is 9.59 Å². The Morgan fingerprint density at radius 3 is 2.76 bits per heavy atom. The number of rotatable bonds is 3. The molecule has 0 atom stereocenters. The lowest BCUT2D eigenvalue weighted by Crippen LogP contribution is -2.12. The number of anilines is 1. The second-order valence-electron chi connectivity index (χ2n) is 4.46. The smallest absolute Gasteiger partial charge is 0.357 e. The zero-order chi connectivity index (χ0) is 15.6. The summed E-state index contributed by atoms with van der Waals surface area (Å²) in [4.78, 5) is 23.1. The molecule has 0 saturated carbocycles. The second-order valence-corrected chi connectivity index (χ2v) is 4.46. The molecule has 0 amide bonds. The minimum Gasteiger partial charge on any atom is -0.464 e. The predicted octanol–water partition coefficient (Wildman–Crippen LogP) is 1.84. The zero-order valence-electron chi connectivity index (χ0n) is 11.6. The molecule has 1 aromatic heterocycles. The molecular formula is C15H13N3O3. The topological polar surface area (TPSA) is 98.1 Å². The van der Waals surface area contributed by atoms with Crippen molar-refractivity contribution in [2.24, 2.45) is 0 Å². The first-order valence-electron chi connectivity index (χ1n) is 6.09. The minimum absolute atomic E-state index is 0.0287. The lowest BCUT2D eigenvalue weighted by Gasteiger charge is -2.11. The largest absolute Gasteiger partial charge is 0.464 e. The van der Waals surface area contributed by atoms with Crippen molar-refractivity contribution in [3.05, 3.63) is 46.8 Å². The van der Waals surface area contributed by atoms with E-state index in [-0.39, 0.29) is 16.9 Å². The lowest BCUT2D eigenvalue weighted by atomic mass is 10.1. The van der Waals surface area contributed by atoms with Crippen LogP contribution in [0.4, 0.5) is 5.69 Å². The highest BCUT2D eigenvalue weighted by molar-refractivity contribution is 5.96. The first-order valence-corrected chi connectivity index (χ1v) is 6.09. The highest BCUT2D eigenvalue weighted by atomic mass is 16.5. The molecule has 0 saturated heterocycles. The Morgan fingerprint density at radius 2 is 2.19 bits per heavy atom. The number of methoxy groups -OCH3 is 1. The molecule has 6 nitrogen and oxygen atoms in total. The normalized spacial score (nSPS) is 9.95. The summed E-state index contributed by atoms with van der Waals surface area (Å²) in [7, 11) is 1.22. The molecule has 6 heteroatoms. The molecule has 0 spiro atoms. The molecule has 2 aromatic rings. The van der Waals surface area contributed by atoms with E-state index < -0.39 is 5.97 Å². The minimum atomic E-state index is -0.675. The van der Waals surface area contributed by atoms with Gasteiger partial charge in [-0.3, -0.25) is 4.79 Å². The van der Waals surface area contributed by atoms with Gasteiger partial charge >= 0.3 is 5.97 Å². The van der Waals surface area contributed by atoms with E-state index in [1.165, 1.54) is 17.9 Å². The second kappa shape index (κ2) is 5.51. The van der Waals surface area contributed by atoms with Gasteiger partial charge in [0.1, 0.15) is 6.07 Å². The Bertz CT molecular complexity index is 769. The van der Waals surface area contributed by atoms with Gasteiger partial charge in [0.2, 0.25) is 0 Å². The third kappa shape index (κ3) is 2.37. The van der Waals surface area contributed by atoms with Crippen molar-refractivity contribution in [3.8, 4) is 11.8 Å². The maximum absolute atomic E-state index is 11.9. The number of carbonyl (C=O) groups excluding carboxylic acids is 2. The van der Waals surface area contributed by atoms with E-state index in [0.717, 1.165) is 5.56 Å². The third-order valence-electron chi connectivity index (χ3n) is 3.11. The molecule has 0 fully saturated rings. The molecule has 21 heavy (non-hydrogen) atoms. The fourth-order valence-electron chi connectivity index (χ4n) is 2.09. The number of aryl methyl sites for hydroxylation is 1. The zero-order valence-corrected chi connectivity index (χ0v) is 11.6. The molecular weight excluding hydrogens is 270 g/mol. The summed E-state index contributed by atoms with van der Waals surface area (Å²) in [5.74, 6) is -0.675. The summed E-state index contributed by atoms with van der Waals surface area (Å²) in [6.45, 7) is 1.85. The predicted molar refractivity (Wildman–Crippen MR) is 76.4 cm³/mol. The Morgan fingerprint density at radius 1 is 1.48 bits per heavy atom. The van der Waals surface area contributed by atoms with Gasteiger partial charge < -0.3 is 15.0 Å². The molecule has 0 radical (unpaired) electrons. The van der Waals surface area contributed by atoms with E-state index in [4.69, 9.17) is 15.7 Å². The van der Waals surface area contributed by atoms with Gasteiger partial charge in [-0.1, -0.05) is 11.6 Å². The molecule has 0 aliphatic carbocycles. The number of aromatic nitrogens is 1. The van der Waals surface area contributed by atoms with Crippen LogP contribution in [0.3, 0.4) is 0 Å². The van der Waals surface area contributed by atoms with Crippen LogP contribution in [-0.2, 0) is 4.74 Å². The first kappa shape index (κ1) is 14.3. The quantitative estimate of drug-likeness (QED) is 0.684. The number of nitriles is 1. The number of carbonyl (C=O) groups is 2. The highest BCUT2D eigenvalue weighted by Crippen LogP contribution is 2.26. The van der Waals surface area contributed by atoms with Gasteiger partial charge in [-0.05, 0) is 19.1 Å². The van der Waals surface area contributed by atoms with Crippen molar-refractivity contribution in [1.29, 1.82) is 5.26 Å². The van der Waals surface area contributed by atoms with Gasteiger partial charge in [-0.2, -0.15) is 5.26 Å². The van der Waals surface area contributed by atoms with Crippen LogP contribution in [0.5, 0.6) is 0 Å². The first-order chi connectivity index (χ1) is 10.0. The van der Waals surface area contributed by atoms with Crippen molar-refractivity contribution in [2.75, 3.05) is 12.8 Å². The van der Waals surface area contributed by atoms with Crippen LogP contribution in [0.15, 0.2) is 24.4 Å². The Labute approximate surface area is 121 Å². The van der Waals surface area contributed by atoms with Crippen LogP contribution in [0.2, 0.25) is 0 Å². The summed E-state index contributed by atoms with van der Waals surface area (Å²) in [5.41, 5.74) is 7.78. The molecule has 106 valence electrons. The van der Waals surface area contributed by atoms with Crippen molar-refractivity contribution in [2.45, 2.75) is 6.92 Å². The standard InChI is InChI=1S/C15H13N3O3/c1-9-3-4-12(10(5-9)8-19)18-7-11(6-16)13(17)14(18)15(20)21-2/h3-5,7-8H,17H2,1-2H3. The van der Waals surface area contributed by atoms with Crippen LogP contribution in [-0.4, -0.2) is 23.9 Å². The molecule has 2 N–H and O–H groups in total. The Balaban J connectivity index is 2.78. The maximum atomic E-state index is 11.9. The van der Waals surface area contributed by atoms with Gasteiger partial charge in [-0.25, -0.2) is 4.79 Å². The van der Waals surface area contributed by atoms with E-state index >= 15 is 0 Å². The van der Waals surface area contributed by atoms with E-state index in [1.54, 1.807) is 18.2 Å². The molecule has 1 heterocycles. The third-order valence-corrected chi connectivity index (χ3v) is 3.11. The van der Waals surface area contributed by atoms with E-state index in [2.05, 4.69) is 0 Å². The Kier molecular flexibility index (Phi) is 3.76. The van der Waals surface area contributed by atoms with Gasteiger partial charge in [0, 0.05) is 11.8 Å². The van der Waals surface area contributed by atoms with Crippen LogP contribution < -0.4 is 5.73 Å². The number of nitrogens with zero attached hydrogens (tertiary/aromatic N) is 2. The molecule has 1 aromatic carbocycles. The van der Waals surface area contributed by atoms with Crippen LogP contribution in [0, 0.1) is 18.3 Å². The van der Waals surface area contributed by atoms with Crippen molar-refractivity contribution in [3.63, 3.8) is 0 Å². The summed E-state index contributed by atoms with van der Waals surface area (Å²) < 4.78 is 6.10. The van der Waals surface area contributed by atoms with E-state index in [0.29, 0.717) is 17.5 Å². The van der Waals surface area contributed by atoms with Crippen molar-refractivity contribution >= 4 is 17.9 Å². The fraction of sp³-hybridized carbons (Fsp3) is 0.133. The Hall–Kier alpha value is -3.07. The number of esters is 1. The molecule has 0 aliphatic heterocycles. The summed E-state index contributed by atoms with van der Waals surface area (Å²) in [5, 5.41) is 9.06. The number of hydrogen-bond acceptors (Lipinski definition) is 5. The number of hydrogen-bond donors (Lipinski definition) is 1. The number of nitrogens with two attached hydrogens (primary N) is 1. The summed E-state index contributed by atoms with van der Waals surface area (Å²) >= 11 is 0. The molecule has 0 aliphatic rings. The number of nitrogen functional groups attached to an aromatic ring is 1. The average molecular weight is 283 g/mol. The number of ether oxygens (including phenoxy) is 1. The SMILES string of the molecule is COC(=O)c1c(N)c(C#N)cn1-c1ccc(C)cc1C=O. The average Bonchev–Trinajstić information content (AvgIpc) is 2.82. The van der Waals surface area contributed by atoms with Crippen molar-refractivity contribution < 1.29 is 14.3 Å². The molecule has 0 unspecified atom stereocenters. The lowest BCUT2D eigenvalue weighted by molar-refractivity contribution is 0.0592. The maximum Gasteiger partial charge on any atom is 0.357 e.